The molecule has 0 amide bonds. The molecule has 0 N–H and O–H groups in total. The highest BCUT2D eigenvalue weighted by Gasteiger charge is 2.18. The van der Waals surface area contributed by atoms with Crippen LogP contribution >= 0.6 is 0 Å². The van der Waals surface area contributed by atoms with Gasteiger partial charge in [-0.3, -0.25) is 0 Å². The third kappa shape index (κ3) is 4.92. The molecule has 0 aliphatic rings. The minimum atomic E-state index is 0.876. The van der Waals surface area contributed by atoms with Gasteiger partial charge < -0.3 is 9.32 Å². The smallest absolute Gasteiger partial charge is 0.143 e. The predicted molar refractivity (Wildman–Crippen MR) is 202 cm³/mol. The molecule has 0 bridgehead atoms. The Kier molecular flexibility index (Phi) is 6.84. The van der Waals surface area contributed by atoms with Crippen molar-refractivity contribution >= 4 is 49.8 Å². The summed E-state index contributed by atoms with van der Waals surface area (Å²) in [5.74, 6) is 0. The molecule has 9 aromatic rings. The van der Waals surface area contributed by atoms with Crippen molar-refractivity contribution in [3.63, 3.8) is 0 Å². The molecule has 1 heterocycles. The van der Waals surface area contributed by atoms with Crippen molar-refractivity contribution in [2.45, 2.75) is 0 Å². The van der Waals surface area contributed by atoms with Gasteiger partial charge in [0, 0.05) is 33.2 Å². The van der Waals surface area contributed by atoms with Gasteiger partial charge in [-0.25, -0.2) is 0 Å². The van der Waals surface area contributed by atoms with Crippen molar-refractivity contribution < 1.29 is 4.42 Å². The summed E-state index contributed by atoms with van der Waals surface area (Å²) in [5.41, 5.74) is 12.3. The maximum absolute atomic E-state index is 6.64. The van der Waals surface area contributed by atoms with Gasteiger partial charge in [-0.1, -0.05) is 133 Å². The Bertz CT molecular complexity index is 2530. The topological polar surface area (TPSA) is 16.4 Å². The van der Waals surface area contributed by atoms with Crippen LogP contribution in [-0.4, -0.2) is 0 Å². The van der Waals surface area contributed by atoms with Crippen LogP contribution in [0.4, 0.5) is 17.1 Å². The highest BCUT2D eigenvalue weighted by molar-refractivity contribution is 6.19. The van der Waals surface area contributed by atoms with Crippen molar-refractivity contribution in [3.05, 3.63) is 188 Å². The van der Waals surface area contributed by atoms with E-state index < -0.39 is 0 Å². The zero-order valence-electron chi connectivity index (χ0n) is 26.3. The van der Waals surface area contributed by atoms with E-state index in [1.54, 1.807) is 0 Å². The minimum absolute atomic E-state index is 0.876. The van der Waals surface area contributed by atoms with E-state index in [4.69, 9.17) is 4.42 Å². The number of hydrogen-bond acceptors (Lipinski definition) is 2. The fourth-order valence-electron chi connectivity index (χ4n) is 6.92. The number of rotatable bonds is 6. The lowest BCUT2D eigenvalue weighted by Crippen LogP contribution is -2.09. The van der Waals surface area contributed by atoms with Gasteiger partial charge in [0.1, 0.15) is 11.2 Å². The number of para-hydroxylation sites is 1. The molecule has 226 valence electrons. The van der Waals surface area contributed by atoms with Crippen LogP contribution in [0.15, 0.2) is 192 Å². The monoisotopic (exact) mass is 613 g/mol. The van der Waals surface area contributed by atoms with E-state index in [1.807, 2.05) is 0 Å². The van der Waals surface area contributed by atoms with Gasteiger partial charge in [0.2, 0.25) is 0 Å². The number of anilines is 3. The molecule has 0 saturated heterocycles. The van der Waals surface area contributed by atoms with Crippen molar-refractivity contribution in [1.82, 2.24) is 0 Å². The summed E-state index contributed by atoms with van der Waals surface area (Å²) < 4.78 is 6.64. The summed E-state index contributed by atoms with van der Waals surface area (Å²) in [6, 6.07) is 66.8. The number of fused-ring (bicyclic) bond motifs is 5. The molecule has 0 aliphatic heterocycles. The number of hydrogen-bond donors (Lipinski definition) is 0. The zero-order chi connectivity index (χ0) is 31.9. The van der Waals surface area contributed by atoms with E-state index in [0.29, 0.717) is 0 Å². The normalized spacial score (nSPS) is 11.3. The standard InChI is InChI=1S/C46H31NO/c1-4-13-32(14-5-1)34-23-25-38(26-24-34)47(37-19-8-3-9-20-37)39-27-28-45-43(30-39)44-31-42(40-21-10-11-22-41(40)46(44)48-45)36-18-12-17-35(29-36)33-15-6-2-7-16-33/h1-31H. The van der Waals surface area contributed by atoms with Gasteiger partial charge in [0.05, 0.1) is 0 Å². The second-order valence-electron chi connectivity index (χ2n) is 12.2. The minimum Gasteiger partial charge on any atom is -0.455 e. The summed E-state index contributed by atoms with van der Waals surface area (Å²) in [7, 11) is 0. The number of furan rings is 1. The SMILES string of the molecule is c1ccc(-c2ccc(N(c3ccccc3)c3ccc4oc5c6ccccc6c(-c6cccc(-c7ccccc7)c6)cc5c4c3)cc2)cc1. The van der Waals surface area contributed by atoms with Crippen LogP contribution < -0.4 is 4.90 Å². The van der Waals surface area contributed by atoms with E-state index in [9.17, 15) is 0 Å². The molecule has 0 atom stereocenters. The van der Waals surface area contributed by atoms with Crippen LogP contribution in [0, 0.1) is 0 Å². The lowest BCUT2D eigenvalue weighted by atomic mass is 9.93. The third-order valence-electron chi connectivity index (χ3n) is 9.25. The Labute approximate surface area is 279 Å². The lowest BCUT2D eigenvalue weighted by Gasteiger charge is -2.25. The molecule has 0 aliphatic carbocycles. The number of nitrogens with zero attached hydrogens (tertiary/aromatic N) is 1. The van der Waals surface area contributed by atoms with Crippen LogP contribution in [0.25, 0.3) is 66.1 Å². The second-order valence-corrected chi connectivity index (χ2v) is 12.2. The van der Waals surface area contributed by atoms with Gasteiger partial charge >= 0.3 is 0 Å². The Morgan fingerprint density at radius 3 is 1.58 bits per heavy atom. The molecule has 2 heteroatoms. The van der Waals surface area contributed by atoms with E-state index in [1.165, 1.54) is 38.8 Å². The summed E-state index contributed by atoms with van der Waals surface area (Å²) in [6.45, 7) is 0. The summed E-state index contributed by atoms with van der Waals surface area (Å²) in [4.78, 5) is 2.32. The fourth-order valence-corrected chi connectivity index (χ4v) is 6.92. The lowest BCUT2D eigenvalue weighted by molar-refractivity contribution is 0.672. The van der Waals surface area contributed by atoms with Crippen LogP contribution in [0.5, 0.6) is 0 Å². The Balaban J connectivity index is 1.22. The summed E-state index contributed by atoms with van der Waals surface area (Å²) in [6.07, 6.45) is 0. The van der Waals surface area contributed by atoms with Gasteiger partial charge in [-0.15, -0.1) is 0 Å². The largest absolute Gasteiger partial charge is 0.455 e. The Morgan fingerprint density at radius 1 is 0.312 bits per heavy atom. The molecule has 0 fully saturated rings. The van der Waals surface area contributed by atoms with Gasteiger partial charge in [0.25, 0.3) is 0 Å². The van der Waals surface area contributed by atoms with Crippen LogP contribution in [0.3, 0.4) is 0 Å². The van der Waals surface area contributed by atoms with E-state index in [2.05, 4.69) is 193 Å². The third-order valence-corrected chi connectivity index (χ3v) is 9.25. The van der Waals surface area contributed by atoms with Crippen molar-refractivity contribution in [1.29, 1.82) is 0 Å². The molecule has 0 spiro atoms. The molecule has 0 saturated carbocycles. The average molecular weight is 614 g/mol. The molecular weight excluding hydrogens is 583 g/mol. The molecule has 48 heavy (non-hydrogen) atoms. The maximum atomic E-state index is 6.64. The van der Waals surface area contributed by atoms with Crippen molar-refractivity contribution in [2.75, 3.05) is 4.90 Å². The van der Waals surface area contributed by atoms with Gasteiger partial charge in [-0.05, 0) is 93.4 Å². The molecular formula is C46H31NO. The first-order chi connectivity index (χ1) is 23.8. The Morgan fingerprint density at radius 2 is 0.854 bits per heavy atom. The Hall–Kier alpha value is -6.38. The van der Waals surface area contributed by atoms with E-state index in [0.717, 1.165) is 44.4 Å². The van der Waals surface area contributed by atoms with E-state index in [-0.39, 0.29) is 0 Å². The van der Waals surface area contributed by atoms with Crippen LogP contribution in [0.1, 0.15) is 0 Å². The first-order valence-electron chi connectivity index (χ1n) is 16.3. The van der Waals surface area contributed by atoms with Gasteiger partial charge in [-0.2, -0.15) is 0 Å². The first-order valence-corrected chi connectivity index (χ1v) is 16.3. The quantitative estimate of drug-likeness (QED) is 0.185. The molecule has 0 radical (unpaired) electrons. The molecule has 0 unspecified atom stereocenters. The first kappa shape index (κ1) is 27.9. The van der Waals surface area contributed by atoms with Gasteiger partial charge in [0.15, 0.2) is 0 Å². The average Bonchev–Trinajstić information content (AvgIpc) is 3.54. The predicted octanol–water partition coefficient (Wildman–Crippen LogP) is 13.2. The highest BCUT2D eigenvalue weighted by Crippen LogP contribution is 2.43. The summed E-state index contributed by atoms with van der Waals surface area (Å²) in [5, 5.41) is 4.50. The fraction of sp³-hybridized carbons (Fsp3) is 0. The van der Waals surface area contributed by atoms with Crippen molar-refractivity contribution in [3.8, 4) is 33.4 Å². The number of benzene rings is 8. The summed E-state index contributed by atoms with van der Waals surface area (Å²) >= 11 is 0. The van der Waals surface area contributed by atoms with Crippen LogP contribution in [-0.2, 0) is 0 Å². The maximum Gasteiger partial charge on any atom is 0.143 e. The van der Waals surface area contributed by atoms with E-state index >= 15 is 0 Å². The molecule has 1 aromatic heterocycles. The molecule has 8 aromatic carbocycles. The molecule has 9 rings (SSSR count). The van der Waals surface area contributed by atoms with Crippen LogP contribution in [0.2, 0.25) is 0 Å². The zero-order valence-corrected chi connectivity index (χ0v) is 26.3. The second kappa shape index (κ2) is 11.8. The molecule has 2 nitrogen and oxygen atoms in total. The van der Waals surface area contributed by atoms with Crippen molar-refractivity contribution in [2.24, 2.45) is 0 Å². The highest BCUT2D eigenvalue weighted by atomic mass is 16.3.